The van der Waals surface area contributed by atoms with Crippen LogP contribution in [-0.4, -0.2) is 44.4 Å². The number of nitrogens with one attached hydrogen (secondary N) is 1. The van der Waals surface area contributed by atoms with Crippen LogP contribution in [0.3, 0.4) is 0 Å². The highest BCUT2D eigenvalue weighted by atomic mass is 79.9. The van der Waals surface area contributed by atoms with Crippen molar-refractivity contribution in [2.75, 3.05) is 21.3 Å². The lowest BCUT2D eigenvalue weighted by atomic mass is 10.1. The van der Waals surface area contributed by atoms with E-state index in [0.717, 1.165) is 0 Å². The van der Waals surface area contributed by atoms with Crippen molar-refractivity contribution >= 4 is 65.9 Å². The summed E-state index contributed by atoms with van der Waals surface area (Å²) in [6, 6.07) is 7.96. The molecule has 1 amide bonds. The van der Waals surface area contributed by atoms with Crippen LogP contribution in [0.5, 0.6) is 23.0 Å². The number of ether oxygens (including phenoxy) is 4. The molecule has 9 nitrogen and oxygen atoms in total. The minimum atomic E-state index is -0.675. The Kier molecular flexibility index (Phi) is 9.24. The van der Waals surface area contributed by atoms with E-state index < -0.39 is 11.9 Å². The van der Waals surface area contributed by atoms with Gasteiger partial charge in [-0.2, -0.15) is 5.10 Å². The Balaban J connectivity index is 1.87. The molecule has 0 unspecified atom stereocenters. The Bertz CT molecular complexity index is 1270. The first kappa shape index (κ1) is 26.6. The van der Waals surface area contributed by atoms with Gasteiger partial charge in [-0.1, -0.05) is 15.9 Å². The van der Waals surface area contributed by atoms with E-state index >= 15 is 0 Å². The molecule has 0 aliphatic rings. The first-order chi connectivity index (χ1) is 16.8. The molecule has 0 atom stereocenters. The monoisotopic (exact) mass is 669 g/mol. The smallest absolute Gasteiger partial charge is 0.343 e. The van der Waals surface area contributed by atoms with Crippen molar-refractivity contribution in [3.63, 3.8) is 0 Å². The number of aromatic nitrogens is 1. The molecule has 1 heterocycles. The van der Waals surface area contributed by atoms with Gasteiger partial charge in [-0.15, -0.1) is 0 Å². The summed E-state index contributed by atoms with van der Waals surface area (Å²) >= 11 is 10.1. The maximum Gasteiger partial charge on any atom is 0.343 e. The first-order valence-electron chi connectivity index (χ1n) is 9.72. The van der Waals surface area contributed by atoms with Gasteiger partial charge in [0.05, 0.1) is 43.1 Å². The summed E-state index contributed by atoms with van der Waals surface area (Å²) in [4.78, 5) is 29.3. The predicted octanol–water partition coefficient (Wildman–Crippen LogP) is 5.38. The fourth-order valence-electron chi connectivity index (χ4n) is 2.90. The van der Waals surface area contributed by atoms with Crippen LogP contribution < -0.4 is 24.4 Å². The number of methoxy groups -OCH3 is 3. The number of pyridine rings is 1. The van der Waals surface area contributed by atoms with Crippen LogP contribution in [0.2, 0.25) is 0 Å². The van der Waals surface area contributed by atoms with Gasteiger partial charge in [-0.25, -0.2) is 10.2 Å². The summed E-state index contributed by atoms with van der Waals surface area (Å²) in [5, 5.41) is 3.99. The van der Waals surface area contributed by atoms with Gasteiger partial charge in [0.25, 0.3) is 5.91 Å². The van der Waals surface area contributed by atoms with Crippen LogP contribution in [0.25, 0.3) is 0 Å². The van der Waals surface area contributed by atoms with Crippen molar-refractivity contribution in [2.24, 2.45) is 5.10 Å². The largest absolute Gasteiger partial charge is 0.493 e. The predicted molar refractivity (Wildman–Crippen MR) is 140 cm³/mol. The van der Waals surface area contributed by atoms with Gasteiger partial charge in [-0.05, 0) is 62.2 Å². The Hall–Kier alpha value is -2.96. The number of amides is 1. The van der Waals surface area contributed by atoms with Crippen molar-refractivity contribution in [1.29, 1.82) is 0 Å². The Morgan fingerprint density at radius 1 is 0.857 bits per heavy atom. The number of esters is 1. The van der Waals surface area contributed by atoms with Crippen LogP contribution in [0.4, 0.5) is 0 Å². The fourth-order valence-corrected chi connectivity index (χ4v) is 4.60. The minimum absolute atomic E-state index is 0.174. The Labute approximate surface area is 226 Å². The number of carbonyl (C=O) groups excluding carboxylic acids is 2. The number of nitrogens with zero attached hydrogens (tertiary/aromatic N) is 2. The molecule has 2 aromatic carbocycles. The zero-order valence-corrected chi connectivity index (χ0v) is 23.4. The Morgan fingerprint density at radius 3 is 2.14 bits per heavy atom. The zero-order valence-electron chi connectivity index (χ0n) is 18.6. The molecule has 0 bridgehead atoms. The van der Waals surface area contributed by atoms with Crippen LogP contribution >= 0.6 is 47.8 Å². The maximum absolute atomic E-state index is 13.0. The molecule has 182 valence electrons. The van der Waals surface area contributed by atoms with Crippen LogP contribution in [0.15, 0.2) is 61.2 Å². The summed E-state index contributed by atoms with van der Waals surface area (Å²) < 4.78 is 23.4. The van der Waals surface area contributed by atoms with Crippen molar-refractivity contribution in [2.45, 2.75) is 0 Å². The van der Waals surface area contributed by atoms with Gasteiger partial charge in [0.2, 0.25) is 5.75 Å². The number of carbonyl (C=O) groups is 2. The molecule has 0 spiro atoms. The van der Waals surface area contributed by atoms with Crippen molar-refractivity contribution in [3.8, 4) is 23.0 Å². The quantitative estimate of drug-likeness (QED) is 0.148. The van der Waals surface area contributed by atoms with Gasteiger partial charge in [0.15, 0.2) is 17.2 Å². The van der Waals surface area contributed by atoms with Crippen LogP contribution in [0, 0.1) is 0 Å². The maximum atomic E-state index is 13.0. The van der Waals surface area contributed by atoms with Crippen LogP contribution in [-0.2, 0) is 0 Å². The molecule has 0 radical (unpaired) electrons. The first-order valence-corrected chi connectivity index (χ1v) is 12.1. The highest BCUT2D eigenvalue weighted by molar-refractivity contribution is 9.11. The number of hydrogen-bond acceptors (Lipinski definition) is 8. The fraction of sp³-hybridized carbons (Fsp3) is 0.130. The van der Waals surface area contributed by atoms with Crippen molar-refractivity contribution in [1.82, 2.24) is 10.4 Å². The summed E-state index contributed by atoms with van der Waals surface area (Å²) in [5.74, 6) is 0.0151. The van der Waals surface area contributed by atoms with Crippen LogP contribution in [0.1, 0.15) is 26.3 Å². The normalized spacial score (nSPS) is 10.7. The van der Waals surface area contributed by atoms with Gasteiger partial charge < -0.3 is 18.9 Å². The second-order valence-corrected chi connectivity index (χ2v) is 9.39. The average Bonchev–Trinajstić information content (AvgIpc) is 2.84. The Morgan fingerprint density at radius 2 is 1.54 bits per heavy atom. The van der Waals surface area contributed by atoms with E-state index in [-0.39, 0.29) is 11.3 Å². The lowest BCUT2D eigenvalue weighted by molar-refractivity contribution is 0.0732. The standard InChI is InChI=1S/C23H18Br3N3O6/c1-32-18-6-12(7-19(33-2)21(18)34-3)23(31)35-20-13(4-15(24)8-17(20)26)10-28-29-22(30)14-5-16(25)11-27-9-14/h4-11H,1-3H3,(H,29,30)/b28-10+. The summed E-state index contributed by atoms with van der Waals surface area (Å²) in [6.45, 7) is 0. The molecule has 1 aromatic heterocycles. The average molecular weight is 672 g/mol. The van der Waals surface area contributed by atoms with Gasteiger partial charge in [0, 0.05) is 26.9 Å². The van der Waals surface area contributed by atoms with E-state index in [4.69, 9.17) is 18.9 Å². The van der Waals surface area contributed by atoms with Gasteiger partial charge in [-0.3, -0.25) is 9.78 Å². The van der Waals surface area contributed by atoms with E-state index in [0.29, 0.717) is 41.8 Å². The third kappa shape index (κ3) is 6.59. The zero-order chi connectivity index (χ0) is 25.5. The molecule has 0 saturated carbocycles. The summed E-state index contributed by atoms with van der Waals surface area (Å²) in [6.07, 6.45) is 4.33. The topological polar surface area (TPSA) is 108 Å². The molecule has 12 heteroatoms. The molecule has 0 aliphatic carbocycles. The van der Waals surface area contributed by atoms with Crippen molar-refractivity contribution < 1.29 is 28.5 Å². The van der Waals surface area contributed by atoms with E-state index in [1.165, 1.54) is 45.9 Å². The van der Waals surface area contributed by atoms with Gasteiger partial charge in [0.1, 0.15) is 0 Å². The SMILES string of the molecule is COc1cc(C(=O)Oc2c(Br)cc(Br)cc2/C=N/NC(=O)c2cncc(Br)c2)cc(OC)c1OC. The molecule has 3 rings (SSSR count). The highest BCUT2D eigenvalue weighted by Gasteiger charge is 2.20. The number of halogens is 3. The lowest BCUT2D eigenvalue weighted by Gasteiger charge is -2.15. The van der Waals surface area contributed by atoms with Gasteiger partial charge >= 0.3 is 5.97 Å². The molecular formula is C23H18Br3N3O6. The van der Waals surface area contributed by atoms with E-state index in [1.807, 2.05) is 0 Å². The van der Waals surface area contributed by atoms with E-state index in [9.17, 15) is 9.59 Å². The minimum Gasteiger partial charge on any atom is -0.493 e. The molecular weight excluding hydrogens is 654 g/mol. The molecule has 3 aromatic rings. The lowest BCUT2D eigenvalue weighted by Crippen LogP contribution is -2.18. The highest BCUT2D eigenvalue weighted by Crippen LogP contribution is 2.39. The molecule has 35 heavy (non-hydrogen) atoms. The second kappa shape index (κ2) is 12.1. The second-order valence-electron chi connectivity index (χ2n) is 6.70. The van der Waals surface area contributed by atoms with Crippen molar-refractivity contribution in [3.05, 3.63) is 72.8 Å². The molecule has 0 fully saturated rings. The third-order valence-electron chi connectivity index (χ3n) is 4.47. The van der Waals surface area contributed by atoms with E-state index in [2.05, 4.69) is 63.3 Å². The number of benzene rings is 2. The number of hydrazone groups is 1. The number of hydrogen-bond donors (Lipinski definition) is 1. The third-order valence-corrected chi connectivity index (χ3v) is 5.95. The molecule has 1 N–H and O–H groups in total. The molecule has 0 saturated heterocycles. The number of rotatable bonds is 8. The summed E-state index contributed by atoms with van der Waals surface area (Å²) in [5.41, 5.74) is 3.33. The summed E-state index contributed by atoms with van der Waals surface area (Å²) in [7, 11) is 4.37. The molecule has 0 aliphatic heterocycles. The van der Waals surface area contributed by atoms with E-state index in [1.54, 1.807) is 24.4 Å².